The summed E-state index contributed by atoms with van der Waals surface area (Å²) in [6.07, 6.45) is 0. The highest BCUT2D eigenvalue weighted by atomic mass is 32.1. The van der Waals surface area contributed by atoms with Crippen LogP contribution in [0.3, 0.4) is 0 Å². The van der Waals surface area contributed by atoms with Crippen molar-refractivity contribution in [1.29, 1.82) is 0 Å². The number of anilines is 1. The second-order valence-electron chi connectivity index (χ2n) is 5.51. The minimum atomic E-state index is 0.275. The number of rotatable bonds is 4. The maximum atomic E-state index is 9.92. The summed E-state index contributed by atoms with van der Waals surface area (Å²) in [5, 5.41) is 18.7. The maximum absolute atomic E-state index is 9.92. The normalized spacial score (nSPS) is 15.5. The quantitative estimate of drug-likeness (QED) is 0.747. The first-order valence-electron chi connectivity index (χ1n) is 7.80. The number of aromatic hydroxyl groups is 1. The minimum absolute atomic E-state index is 0.275. The number of hydrogen-bond acceptors (Lipinski definition) is 4. The van der Waals surface area contributed by atoms with Gasteiger partial charge in [-0.2, -0.15) is 0 Å². The van der Waals surface area contributed by atoms with Gasteiger partial charge in [0.2, 0.25) is 0 Å². The zero-order valence-corrected chi connectivity index (χ0v) is 13.7. The van der Waals surface area contributed by atoms with Crippen molar-refractivity contribution in [1.82, 2.24) is 10.2 Å². The van der Waals surface area contributed by atoms with Crippen LogP contribution in [-0.4, -0.2) is 54.5 Å². The molecule has 3 rings (SSSR count). The number of phenolic OH excluding ortho intramolecular Hbond substituents is 1. The predicted molar refractivity (Wildman–Crippen MR) is 97.1 cm³/mol. The van der Waals surface area contributed by atoms with Crippen molar-refractivity contribution < 1.29 is 9.84 Å². The summed E-state index contributed by atoms with van der Waals surface area (Å²) in [5.74, 6) is 0.275. The van der Waals surface area contributed by atoms with E-state index < -0.39 is 0 Å². The number of fused-ring (bicyclic) bond motifs is 1. The molecule has 1 aliphatic heterocycles. The molecule has 2 aromatic carbocycles. The Balaban J connectivity index is 1.56. The lowest BCUT2D eigenvalue weighted by Gasteiger charge is -2.26. The topological polar surface area (TPSA) is 56.8 Å². The van der Waals surface area contributed by atoms with Crippen LogP contribution in [-0.2, 0) is 4.74 Å². The van der Waals surface area contributed by atoms with Gasteiger partial charge in [0.05, 0.1) is 13.2 Å². The first-order chi connectivity index (χ1) is 11.2. The molecule has 3 N–H and O–H groups in total. The molecule has 0 aliphatic carbocycles. The van der Waals surface area contributed by atoms with Gasteiger partial charge in [0.1, 0.15) is 5.75 Å². The van der Waals surface area contributed by atoms with E-state index in [4.69, 9.17) is 17.0 Å². The molecule has 6 heteroatoms. The zero-order chi connectivity index (χ0) is 16.1. The Morgan fingerprint density at radius 3 is 2.70 bits per heavy atom. The molecule has 122 valence electrons. The lowest BCUT2D eigenvalue weighted by Crippen LogP contribution is -2.42. The number of ether oxygens (including phenoxy) is 1. The molecule has 0 spiro atoms. The van der Waals surface area contributed by atoms with Crippen LogP contribution in [0.15, 0.2) is 36.4 Å². The van der Waals surface area contributed by atoms with Gasteiger partial charge in [-0.05, 0) is 24.4 Å². The SMILES string of the molecule is Oc1cccc2c(NC(=S)NCCN3CCOCC3)cccc12. The van der Waals surface area contributed by atoms with Crippen LogP contribution in [0.1, 0.15) is 0 Å². The number of hydrogen-bond donors (Lipinski definition) is 3. The lowest BCUT2D eigenvalue weighted by molar-refractivity contribution is 0.0389. The zero-order valence-electron chi connectivity index (χ0n) is 12.9. The third-order valence-electron chi connectivity index (χ3n) is 3.96. The van der Waals surface area contributed by atoms with Gasteiger partial charge in [0, 0.05) is 42.6 Å². The van der Waals surface area contributed by atoms with E-state index in [9.17, 15) is 5.11 Å². The summed E-state index contributed by atoms with van der Waals surface area (Å²) >= 11 is 5.37. The van der Waals surface area contributed by atoms with E-state index >= 15 is 0 Å². The Morgan fingerprint density at radius 1 is 1.13 bits per heavy atom. The Kier molecular flexibility index (Phi) is 5.27. The second kappa shape index (κ2) is 7.59. The van der Waals surface area contributed by atoms with Crippen molar-refractivity contribution in [3.8, 4) is 5.75 Å². The van der Waals surface area contributed by atoms with Crippen LogP contribution >= 0.6 is 12.2 Å². The average Bonchev–Trinajstić information content (AvgIpc) is 2.57. The van der Waals surface area contributed by atoms with Gasteiger partial charge < -0.3 is 20.5 Å². The van der Waals surface area contributed by atoms with E-state index in [0.29, 0.717) is 5.11 Å². The van der Waals surface area contributed by atoms with E-state index in [-0.39, 0.29) is 5.75 Å². The molecule has 2 aromatic rings. The molecule has 0 amide bonds. The van der Waals surface area contributed by atoms with Crippen LogP contribution in [0.4, 0.5) is 5.69 Å². The van der Waals surface area contributed by atoms with Crippen LogP contribution in [0.2, 0.25) is 0 Å². The Bertz CT molecular complexity index is 687. The lowest BCUT2D eigenvalue weighted by atomic mass is 10.1. The number of morpholine rings is 1. The van der Waals surface area contributed by atoms with Crippen molar-refractivity contribution >= 4 is 33.8 Å². The fourth-order valence-electron chi connectivity index (χ4n) is 2.72. The Labute approximate surface area is 141 Å². The molecular formula is C17H21N3O2S. The molecule has 0 bridgehead atoms. The number of benzene rings is 2. The van der Waals surface area contributed by atoms with Crippen molar-refractivity contribution in [3.05, 3.63) is 36.4 Å². The third kappa shape index (κ3) is 4.10. The fourth-order valence-corrected chi connectivity index (χ4v) is 2.93. The molecule has 0 atom stereocenters. The monoisotopic (exact) mass is 331 g/mol. The molecule has 0 aromatic heterocycles. The largest absolute Gasteiger partial charge is 0.507 e. The van der Waals surface area contributed by atoms with E-state index in [1.165, 1.54) is 0 Å². The van der Waals surface area contributed by atoms with Crippen LogP contribution in [0.5, 0.6) is 5.75 Å². The Hall–Kier alpha value is -1.89. The van der Waals surface area contributed by atoms with E-state index in [0.717, 1.165) is 55.9 Å². The minimum Gasteiger partial charge on any atom is -0.507 e. The summed E-state index contributed by atoms with van der Waals surface area (Å²) in [5.41, 5.74) is 0.891. The number of phenols is 1. The van der Waals surface area contributed by atoms with E-state index in [1.807, 2.05) is 30.3 Å². The number of nitrogens with one attached hydrogen (secondary N) is 2. The average molecular weight is 331 g/mol. The smallest absolute Gasteiger partial charge is 0.170 e. The molecule has 0 saturated carbocycles. The third-order valence-corrected chi connectivity index (χ3v) is 4.21. The number of thiocarbonyl (C=S) groups is 1. The standard InChI is InChI=1S/C17H21N3O2S/c21-16-6-2-3-13-14(16)4-1-5-15(13)19-17(23)18-7-8-20-9-11-22-12-10-20/h1-6,21H,7-12H2,(H2,18,19,23). The molecule has 1 heterocycles. The maximum Gasteiger partial charge on any atom is 0.170 e. The highest BCUT2D eigenvalue weighted by Crippen LogP contribution is 2.29. The summed E-state index contributed by atoms with van der Waals surface area (Å²) in [4.78, 5) is 2.36. The predicted octanol–water partition coefficient (Wildman–Crippen LogP) is 2.16. The van der Waals surface area contributed by atoms with Gasteiger partial charge in [0.25, 0.3) is 0 Å². The van der Waals surface area contributed by atoms with Gasteiger partial charge in [-0.15, -0.1) is 0 Å². The van der Waals surface area contributed by atoms with Crippen molar-refractivity contribution in [2.45, 2.75) is 0 Å². The second-order valence-corrected chi connectivity index (χ2v) is 5.92. The molecule has 23 heavy (non-hydrogen) atoms. The van der Waals surface area contributed by atoms with Crippen molar-refractivity contribution in [3.63, 3.8) is 0 Å². The van der Waals surface area contributed by atoms with Crippen LogP contribution in [0, 0.1) is 0 Å². The van der Waals surface area contributed by atoms with Gasteiger partial charge in [-0.25, -0.2) is 0 Å². The fraction of sp³-hybridized carbons (Fsp3) is 0.353. The molecule has 1 fully saturated rings. The van der Waals surface area contributed by atoms with Gasteiger partial charge in [0.15, 0.2) is 5.11 Å². The number of nitrogens with zero attached hydrogens (tertiary/aromatic N) is 1. The molecule has 0 radical (unpaired) electrons. The highest BCUT2D eigenvalue weighted by Gasteiger charge is 2.10. The van der Waals surface area contributed by atoms with Gasteiger partial charge in [-0.3, -0.25) is 4.90 Å². The molecular weight excluding hydrogens is 310 g/mol. The van der Waals surface area contributed by atoms with Crippen molar-refractivity contribution in [2.75, 3.05) is 44.7 Å². The van der Waals surface area contributed by atoms with Gasteiger partial charge in [-0.1, -0.05) is 24.3 Å². The van der Waals surface area contributed by atoms with Gasteiger partial charge >= 0.3 is 0 Å². The summed E-state index contributed by atoms with van der Waals surface area (Å²) in [6, 6.07) is 11.2. The van der Waals surface area contributed by atoms with E-state index in [2.05, 4.69) is 15.5 Å². The first kappa shape index (κ1) is 16.0. The highest BCUT2D eigenvalue weighted by molar-refractivity contribution is 7.80. The molecule has 0 unspecified atom stereocenters. The van der Waals surface area contributed by atoms with Crippen molar-refractivity contribution in [2.24, 2.45) is 0 Å². The van der Waals surface area contributed by atoms with E-state index in [1.54, 1.807) is 6.07 Å². The van der Waals surface area contributed by atoms with Crippen LogP contribution < -0.4 is 10.6 Å². The summed E-state index contributed by atoms with van der Waals surface area (Å²) in [7, 11) is 0. The molecule has 1 saturated heterocycles. The summed E-state index contributed by atoms with van der Waals surface area (Å²) in [6.45, 7) is 5.31. The van der Waals surface area contributed by atoms with Crippen LogP contribution in [0.25, 0.3) is 10.8 Å². The first-order valence-corrected chi connectivity index (χ1v) is 8.20. The summed E-state index contributed by atoms with van der Waals surface area (Å²) < 4.78 is 5.34. The Morgan fingerprint density at radius 2 is 1.87 bits per heavy atom. The molecule has 5 nitrogen and oxygen atoms in total. The molecule has 1 aliphatic rings.